The van der Waals surface area contributed by atoms with Crippen molar-refractivity contribution in [3.05, 3.63) is 65.9 Å². The lowest BCUT2D eigenvalue weighted by atomic mass is 9.98. The van der Waals surface area contributed by atoms with Crippen LogP contribution in [0.5, 0.6) is 0 Å². The van der Waals surface area contributed by atoms with E-state index < -0.39 is 0 Å². The van der Waals surface area contributed by atoms with Crippen molar-refractivity contribution in [2.24, 2.45) is 0 Å². The second-order valence-electron chi connectivity index (χ2n) is 7.26. The number of likely N-dealkylation sites (N-methyl/N-ethyl adjacent to an activating group) is 1. The summed E-state index contributed by atoms with van der Waals surface area (Å²) in [6, 6.07) is 18.8. The molecule has 144 valence electrons. The number of carbonyl (C=O) groups is 1. The number of benzene rings is 2. The molecule has 0 saturated heterocycles. The molecule has 5 heteroatoms. The first-order chi connectivity index (χ1) is 13.7. The van der Waals surface area contributed by atoms with Gasteiger partial charge in [-0.15, -0.1) is 0 Å². The molecule has 28 heavy (non-hydrogen) atoms. The van der Waals surface area contributed by atoms with Crippen LogP contribution in [0.25, 0.3) is 22.4 Å². The smallest absolute Gasteiger partial charge is 0.237 e. The number of amides is 1. The van der Waals surface area contributed by atoms with Crippen LogP contribution in [-0.2, 0) is 17.8 Å². The Morgan fingerprint density at radius 3 is 2.50 bits per heavy atom. The molecular weight excluding hydrogens is 348 g/mol. The fourth-order valence-electron chi connectivity index (χ4n) is 3.82. The predicted molar refractivity (Wildman–Crippen MR) is 112 cm³/mol. The van der Waals surface area contributed by atoms with Gasteiger partial charge in [-0.25, -0.2) is 0 Å². The van der Waals surface area contributed by atoms with Gasteiger partial charge >= 0.3 is 0 Å². The van der Waals surface area contributed by atoms with Gasteiger partial charge in [-0.1, -0.05) is 54.6 Å². The Hall–Kier alpha value is -2.92. The van der Waals surface area contributed by atoms with E-state index in [1.165, 1.54) is 22.4 Å². The van der Waals surface area contributed by atoms with E-state index in [1.807, 2.05) is 19.9 Å². The van der Waals surface area contributed by atoms with Gasteiger partial charge in [0.25, 0.3) is 0 Å². The SMILES string of the molecule is CCNC(=O)C(C)N1CCc2[nH]nc(-c3ccc(-c4ccccc4)cc3)c2C1. The Morgan fingerprint density at radius 1 is 1.11 bits per heavy atom. The van der Waals surface area contributed by atoms with Crippen LogP contribution in [0.4, 0.5) is 0 Å². The highest BCUT2D eigenvalue weighted by atomic mass is 16.2. The monoisotopic (exact) mass is 374 g/mol. The molecule has 2 aromatic carbocycles. The normalized spacial score (nSPS) is 15.1. The van der Waals surface area contributed by atoms with Gasteiger partial charge in [0.05, 0.1) is 11.7 Å². The second-order valence-corrected chi connectivity index (χ2v) is 7.26. The molecule has 0 bridgehead atoms. The molecule has 0 radical (unpaired) electrons. The van der Waals surface area contributed by atoms with Crippen molar-refractivity contribution in [2.45, 2.75) is 32.9 Å². The third kappa shape index (κ3) is 3.58. The van der Waals surface area contributed by atoms with Gasteiger partial charge in [-0.3, -0.25) is 14.8 Å². The molecule has 0 spiro atoms. The number of nitrogens with one attached hydrogen (secondary N) is 2. The van der Waals surface area contributed by atoms with Crippen molar-refractivity contribution < 1.29 is 4.79 Å². The largest absolute Gasteiger partial charge is 0.355 e. The molecule has 1 aliphatic heterocycles. The highest BCUT2D eigenvalue weighted by Gasteiger charge is 2.28. The zero-order valence-corrected chi connectivity index (χ0v) is 16.4. The van der Waals surface area contributed by atoms with Crippen molar-refractivity contribution in [1.29, 1.82) is 0 Å². The highest BCUT2D eigenvalue weighted by Crippen LogP contribution is 2.30. The van der Waals surface area contributed by atoms with E-state index in [1.54, 1.807) is 0 Å². The summed E-state index contributed by atoms with van der Waals surface area (Å²) in [6.45, 7) is 6.18. The van der Waals surface area contributed by atoms with Crippen molar-refractivity contribution >= 4 is 5.91 Å². The molecule has 0 aliphatic carbocycles. The van der Waals surface area contributed by atoms with Crippen LogP contribution in [0, 0.1) is 0 Å². The number of hydrogen-bond acceptors (Lipinski definition) is 3. The third-order valence-corrected chi connectivity index (χ3v) is 5.51. The number of rotatable bonds is 5. The van der Waals surface area contributed by atoms with Crippen LogP contribution >= 0.6 is 0 Å². The summed E-state index contributed by atoms with van der Waals surface area (Å²) in [5.74, 6) is 0.0863. The summed E-state index contributed by atoms with van der Waals surface area (Å²) in [4.78, 5) is 14.5. The van der Waals surface area contributed by atoms with E-state index in [0.29, 0.717) is 6.54 Å². The first-order valence-corrected chi connectivity index (χ1v) is 9.91. The lowest BCUT2D eigenvalue weighted by Gasteiger charge is -2.31. The van der Waals surface area contributed by atoms with E-state index in [9.17, 15) is 4.79 Å². The predicted octanol–water partition coefficient (Wildman–Crippen LogP) is 3.63. The maximum Gasteiger partial charge on any atom is 0.237 e. The second kappa shape index (κ2) is 7.98. The van der Waals surface area contributed by atoms with Gasteiger partial charge in [0, 0.05) is 42.9 Å². The summed E-state index contributed by atoms with van der Waals surface area (Å²) in [7, 11) is 0. The molecule has 0 fully saturated rings. The number of H-pyrrole nitrogens is 1. The molecule has 1 aromatic heterocycles. The van der Waals surface area contributed by atoms with Crippen molar-refractivity contribution in [2.75, 3.05) is 13.1 Å². The van der Waals surface area contributed by atoms with E-state index in [0.717, 1.165) is 30.8 Å². The minimum atomic E-state index is -0.142. The molecule has 1 amide bonds. The molecule has 2 N–H and O–H groups in total. The highest BCUT2D eigenvalue weighted by molar-refractivity contribution is 5.81. The summed E-state index contributed by atoms with van der Waals surface area (Å²) in [6.07, 6.45) is 0.883. The fourth-order valence-corrected chi connectivity index (χ4v) is 3.82. The number of aromatic nitrogens is 2. The average Bonchev–Trinajstić information content (AvgIpc) is 3.17. The summed E-state index contributed by atoms with van der Waals surface area (Å²) < 4.78 is 0. The zero-order chi connectivity index (χ0) is 19.5. The maximum atomic E-state index is 12.2. The lowest BCUT2D eigenvalue weighted by molar-refractivity contribution is -0.126. The summed E-state index contributed by atoms with van der Waals surface area (Å²) in [5.41, 5.74) is 6.88. The molecule has 3 aromatic rings. The molecule has 1 atom stereocenters. The molecule has 5 nitrogen and oxygen atoms in total. The van der Waals surface area contributed by atoms with Gasteiger partial charge in [-0.2, -0.15) is 5.10 Å². The molecular formula is C23H26N4O. The first kappa shape index (κ1) is 18.4. The molecule has 4 rings (SSSR count). The Kier molecular flexibility index (Phi) is 5.26. The van der Waals surface area contributed by atoms with Crippen molar-refractivity contribution in [3.8, 4) is 22.4 Å². The van der Waals surface area contributed by atoms with Crippen LogP contribution < -0.4 is 5.32 Å². The van der Waals surface area contributed by atoms with Gasteiger partial charge in [0.15, 0.2) is 0 Å². The number of carbonyl (C=O) groups excluding carboxylic acids is 1. The first-order valence-electron chi connectivity index (χ1n) is 9.91. The van der Waals surface area contributed by atoms with E-state index in [-0.39, 0.29) is 11.9 Å². The van der Waals surface area contributed by atoms with E-state index in [2.05, 4.69) is 68.9 Å². The minimum Gasteiger partial charge on any atom is -0.355 e. The van der Waals surface area contributed by atoms with Crippen molar-refractivity contribution in [1.82, 2.24) is 20.4 Å². The Balaban J connectivity index is 1.57. The van der Waals surface area contributed by atoms with Gasteiger partial charge in [0.1, 0.15) is 0 Å². The third-order valence-electron chi connectivity index (χ3n) is 5.51. The number of fused-ring (bicyclic) bond motifs is 1. The Morgan fingerprint density at radius 2 is 1.79 bits per heavy atom. The fraction of sp³-hybridized carbons (Fsp3) is 0.304. The standard InChI is InChI=1S/C23H26N4O/c1-3-24-23(28)16(2)27-14-13-21-20(15-27)22(26-25-21)19-11-9-18(10-12-19)17-7-5-4-6-8-17/h4-12,16H,3,13-15H2,1-2H3,(H,24,28)(H,25,26). The Bertz CT molecular complexity index is 946. The van der Waals surface area contributed by atoms with Gasteiger partial charge < -0.3 is 5.32 Å². The maximum absolute atomic E-state index is 12.2. The van der Waals surface area contributed by atoms with Crippen LogP contribution in [-0.4, -0.2) is 40.1 Å². The van der Waals surface area contributed by atoms with Gasteiger partial charge in [0.2, 0.25) is 5.91 Å². The number of nitrogens with zero attached hydrogens (tertiary/aromatic N) is 2. The minimum absolute atomic E-state index is 0.0863. The average molecular weight is 374 g/mol. The van der Waals surface area contributed by atoms with Crippen LogP contribution in [0.2, 0.25) is 0 Å². The van der Waals surface area contributed by atoms with Gasteiger partial charge in [-0.05, 0) is 25.0 Å². The lowest BCUT2D eigenvalue weighted by Crippen LogP contribution is -2.46. The van der Waals surface area contributed by atoms with Crippen LogP contribution in [0.3, 0.4) is 0 Å². The molecule has 1 aliphatic rings. The summed E-state index contributed by atoms with van der Waals surface area (Å²) >= 11 is 0. The van der Waals surface area contributed by atoms with Crippen LogP contribution in [0.15, 0.2) is 54.6 Å². The summed E-state index contributed by atoms with van der Waals surface area (Å²) in [5, 5.41) is 10.7. The Labute approximate surface area is 165 Å². The molecule has 2 heterocycles. The van der Waals surface area contributed by atoms with E-state index in [4.69, 9.17) is 0 Å². The zero-order valence-electron chi connectivity index (χ0n) is 16.4. The quantitative estimate of drug-likeness (QED) is 0.717. The molecule has 1 unspecified atom stereocenters. The number of aromatic amines is 1. The molecule has 0 saturated carbocycles. The van der Waals surface area contributed by atoms with E-state index >= 15 is 0 Å². The number of hydrogen-bond donors (Lipinski definition) is 2. The van der Waals surface area contributed by atoms with Crippen LogP contribution in [0.1, 0.15) is 25.1 Å². The topological polar surface area (TPSA) is 61.0 Å². The van der Waals surface area contributed by atoms with Crippen molar-refractivity contribution in [3.63, 3.8) is 0 Å².